The standard InChI is InChI=1S/C8H19N.C8H18O/c1-2-3-4-5-6-7-8-9;1-3-5-6-8(4-2)7-9/h2-9H2,1H3;8-9H,3-7H2,1-2H3. The van der Waals surface area contributed by atoms with Crippen LogP contribution < -0.4 is 5.73 Å². The van der Waals surface area contributed by atoms with Gasteiger partial charge in [-0.25, -0.2) is 0 Å². The van der Waals surface area contributed by atoms with Crippen LogP contribution >= 0.6 is 0 Å². The molecule has 2 heteroatoms. The Bertz CT molecular complexity index is 118. The molecule has 0 aliphatic rings. The number of aliphatic hydroxyl groups excluding tert-OH is 1. The molecule has 18 heavy (non-hydrogen) atoms. The lowest BCUT2D eigenvalue weighted by Gasteiger charge is -2.08. The van der Waals surface area contributed by atoms with Crippen LogP contribution in [0.1, 0.15) is 85.0 Å². The van der Waals surface area contributed by atoms with Crippen LogP contribution in [0.25, 0.3) is 0 Å². The van der Waals surface area contributed by atoms with Gasteiger partial charge in [0.15, 0.2) is 0 Å². The van der Waals surface area contributed by atoms with Gasteiger partial charge in [-0.2, -0.15) is 0 Å². The number of rotatable bonds is 11. The van der Waals surface area contributed by atoms with Gasteiger partial charge in [-0.05, 0) is 25.3 Å². The number of aliphatic hydroxyl groups is 1. The highest BCUT2D eigenvalue weighted by atomic mass is 16.3. The third-order valence-electron chi connectivity index (χ3n) is 3.36. The predicted octanol–water partition coefficient (Wildman–Crippen LogP) is 4.50. The fourth-order valence-electron chi connectivity index (χ4n) is 1.84. The first-order valence-electron chi connectivity index (χ1n) is 8.07. The second kappa shape index (κ2) is 19.3. The van der Waals surface area contributed by atoms with Crippen molar-refractivity contribution in [3.05, 3.63) is 0 Å². The van der Waals surface area contributed by atoms with E-state index >= 15 is 0 Å². The molecule has 0 amide bonds. The topological polar surface area (TPSA) is 46.2 Å². The quantitative estimate of drug-likeness (QED) is 0.537. The van der Waals surface area contributed by atoms with Gasteiger partial charge in [0.05, 0.1) is 0 Å². The molecule has 0 heterocycles. The normalized spacial score (nSPS) is 11.8. The van der Waals surface area contributed by atoms with Crippen LogP contribution in [0, 0.1) is 5.92 Å². The maximum Gasteiger partial charge on any atom is 0.0459 e. The second-order valence-corrected chi connectivity index (χ2v) is 5.16. The molecule has 112 valence electrons. The van der Waals surface area contributed by atoms with Crippen LogP contribution in [0.5, 0.6) is 0 Å². The van der Waals surface area contributed by atoms with E-state index in [2.05, 4.69) is 20.8 Å². The zero-order valence-electron chi connectivity index (χ0n) is 13.1. The number of unbranched alkanes of at least 4 members (excludes halogenated alkanes) is 6. The molecule has 0 fully saturated rings. The van der Waals surface area contributed by atoms with Crippen molar-refractivity contribution < 1.29 is 5.11 Å². The smallest absolute Gasteiger partial charge is 0.0459 e. The largest absolute Gasteiger partial charge is 0.396 e. The van der Waals surface area contributed by atoms with E-state index in [0.717, 1.165) is 13.0 Å². The highest BCUT2D eigenvalue weighted by Crippen LogP contribution is 2.10. The van der Waals surface area contributed by atoms with Gasteiger partial charge < -0.3 is 10.8 Å². The molecule has 0 saturated heterocycles. The molecule has 0 radical (unpaired) electrons. The summed E-state index contributed by atoms with van der Waals surface area (Å²) in [5.74, 6) is 0.560. The Hall–Kier alpha value is -0.0800. The summed E-state index contributed by atoms with van der Waals surface area (Å²) in [6, 6.07) is 0. The van der Waals surface area contributed by atoms with Crippen molar-refractivity contribution in [3.63, 3.8) is 0 Å². The zero-order chi connectivity index (χ0) is 14.1. The van der Waals surface area contributed by atoms with E-state index in [9.17, 15) is 0 Å². The number of hydrogen-bond acceptors (Lipinski definition) is 2. The van der Waals surface area contributed by atoms with Crippen molar-refractivity contribution in [2.45, 2.75) is 85.0 Å². The summed E-state index contributed by atoms with van der Waals surface area (Å²) in [5, 5.41) is 8.75. The number of nitrogens with two attached hydrogens (primary N) is 1. The maximum atomic E-state index is 8.75. The molecule has 3 N–H and O–H groups in total. The summed E-state index contributed by atoms with van der Waals surface area (Å²) in [7, 11) is 0. The molecular weight excluding hydrogens is 222 g/mol. The van der Waals surface area contributed by atoms with Gasteiger partial charge in [-0.15, -0.1) is 0 Å². The predicted molar refractivity (Wildman–Crippen MR) is 82.8 cm³/mol. The van der Waals surface area contributed by atoms with E-state index in [4.69, 9.17) is 10.8 Å². The zero-order valence-corrected chi connectivity index (χ0v) is 13.1. The molecule has 0 rings (SSSR count). The van der Waals surface area contributed by atoms with E-state index < -0.39 is 0 Å². The van der Waals surface area contributed by atoms with E-state index in [1.807, 2.05) is 0 Å². The minimum atomic E-state index is 0.372. The lowest BCUT2D eigenvalue weighted by atomic mass is 10.0. The lowest BCUT2D eigenvalue weighted by Crippen LogP contribution is -2.03. The average Bonchev–Trinajstić information content (AvgIpc) is 2.41. The second-order valence-electron chi connectivity index (χ2n) is 5.16. The number of hydrogen-bond donors (Lipinski definition) is 2. The van der Waals surface area contributed by atoms with Crippen molar-refractivity contribution in [1.82, 2.24) is 0 Å². The summed E-state index contributed by atoms with van der Waals surface area (Å²) in [6.45, 7) is 7.80. The van der Waals surface area contributed by atoms with Gasteiger partial charge in [0, 0.05) is 6.61 Å². The van der Waals surface area contributed by atoms with Gasteiger partial charge in [-0.3, -0.25) is 0 Å². The first-order valence-corrected chi connectivity index (χ1v) is 8.07. The first kappa shape index (κ1) is 20.2. The van der Waals surface area contributed by atoms with Gasteiger partial charge in [0.25, 0.3) is 0 Å². The van der Waals surface area contributed by atoms with E-state index in [1.54, 1.807) is 0 Å². The van der Waals surface area contributed by atoms with Crippen molar-refractivity contribution in [2.75, 3.05) is 13.2 Å². The Morgan fingerprint density at radius 1 is 0.833 bits per heavy atom. The Labute approximate surface area is 115 Å². The summed E-state index contributed by atoms with van der Waals surface area (Å²) < 4.78 is 0. The minimum Gasteiger partial charge on any atom is -0.396 e. The van der Waals surface area contributed by atoms with Crippen molar-refractivity contribution in [2.24, 2.45) is 11.7 Å². The molecule has 0 bridgehead atoms. The Balaban J connectivity index is 0. The average molecular weight is 259 g/mol. The fraction of sp³-hybridized carbons (Fsp3) is 1.00. The molecule has 0 aromatic rings. The summed E-state index contributed by atoms with van der Waals surface area (Å²) in [4.78, 5) is 0. The SMILES string of the molecule is CCCCC(CC)CO.CCCCCCCCN. The molecule has 0 aromatic carbocycles. The molecule has 0 saturated carbocycles. The van der Waals surface area contributed by atoms with Crippen molar-refractivity contribution in [1.29, 1.82) is 0 Å². The van der Waals surface area contributed by atoms with E-state index in [1.165, 1.54) is 57.8 Å². The summed E-state index contributed by atoms with van der Waals surface area (Å²) in [5.41, 5.74) is 5.34. The first-order chi connectivity index (χ1) is 8.76. The molecule has 0 aliphatic carbocycles. The van der Waals surface area contributed by atoms with Gasteiger partial charge in [0.2, 0.25) is 0 Å². The van der Waals surface area contributed by atoms with Crippen LogP contribution in [-0.4, -0.2) is 18.3 Å². The molecule has 0 spiro atoms. The van der Waals surface area contributed by atoms with Gasteiger partial charge in [0.1, 0.15) is 0 Å². The Morgan fingerprint density at radius 3 is 1.83 bits per heavy atom. The van der Waals surface area contributed by atoms with Gasteiger partial charge in [-0.1, -0.05) is 72.1 Å². The van der Waals surface area contributed by atoms with Crippen LogP contribution in [0.15, 0.2) is 0 Å². The highest BCUT2D eigenvalue weighted by molar-refractivity contribution is 4.53. The lowest BCUT2D eigenvalue weighted by molar-refractivity contribution is 0.212. The maximum absolute atomic E-state index is 8.75. The third-order valence-corrected chi connectivity index (χ3v) is 3.36. The minimum absolute atomic E-state index is 0.372. The molecule has 2 nitrogen and oxygen atoms in total. The van der Waals surface area contributed by atoms with Crippen LogP contribution in [0.3, 0.4) is 0 Å². The van der Waals surface area contributed by atoms with Crippen molar-refractivity contribution >= 4 is 0 Å². The van der Waals surface area contributed by atoms with Crippen molar-refractivity contribution in [3.8, 4) is 0 Å². The Kier molecular flexibility index (Phi) is 21.7. The summed E-state index contributed by atoms with van der Waals surface area (Å²) in [6.07, 6.45) is 12.9. The summed E-state index contributed by atoms with van der Waals surface area (Å²) >= 11 is 0. The highest BCUT2D eigenvalue weighted by Gasteiger charge is 2.01. The third kappa shape index (κ3) is 18.3. The fourth-order valence-corrected chi connectivity index (χ4v) is 1.84. The van der Waals surface area contributed by atoms with Crippen LogP contribution in [0.4, 0.5) is 0 Å². The molecule has 0 aliphatic heterocycles. The van der Waals surface area contributed by atoms with E-state index in [0.29, 0.717) is 12.5 Å². The van der Waals surface area contributed by atoms with Crippen LogP contribution in [-0.2, 0) is 0 Å². The molecule has 0 aromatic heterocycles. The van der Waals surface area contributed by atoms with Gasteiger partial charge >= 0.3 is 0 Å². The van der Waals surface area contributed by atoms with E-state index in [-0.39, 0.29) is 0 Å². The molecule has 1 unspecified atom stereocenters. The molecule has 1 atom stereocenters. The Morgan fingerprint density at radius 2 is 1.39 bits per heavy atom. The van der Waals surface area contributed by atoms with Crippen LogP contribution in [0.2, 0.25) is 0 Å². The molecular formula is C16H37NO. The monoisotopic (exact) mass is 259 g/mol.